The zero-order valence-electron chi connectivity index (χ0n) is 10.2. The van der Waals surface area contributed by atoms with E-state index in [0.29, 0.717) is 10.2 Å². The van der Waals surface area contributed by atoms with Crippen molar-refractivity contribution in [1.29, 1.82) is 0 Å². The van der Waals surface area contributed by atoms with Crippen LogP contribution in [-0.2, 0) is 9.84 Å². The minimum atomic E-state index is -3.30. The van der Waals surface area contributed by atoms with Crippen LogP contribution in [0.5, 0.6) is 11.5 Å². The first kappa shape index (κ1) is 15.3. The maximum Gasteiger partial charge on any atom is 0.175 e. The highest BCUT2D eigenvalue weighted by atomic mass is 79.9. The molecule has 0 saturated carbocycles. The van der Waals surface area contributed by atoms with Crippen LogP contribution in [-0.4, -0.2) is 14.7 Å². The van der Waals surface area contributed by atoms with Gasteiger partial charge in [-0.1, -0.05) is 11.6 Å². The second-order valence-corrected chi connectivity index (χ2v) is 7.38. The molecule has 0 aromatic heterocycles. The molecule has 2 aromatic carbocycles. The van der Waals surface area contributed by atoms with Gasteiger partial charge in [0.25, 0.3) is 0 Å². The largest absolute Gasteiger partial charge is 0.456 e. The van der Waals surface area contributed by atoms with Crippen molar-refractivity contribution < 1.29 is 17.5 Å². The van der Waals surface area contributed by atoms with Gasteiger partial charge < -0.3 is 4.74 Å². The molecule has 2 aromatic rings. The van der Waals surface area contributed by atoms with Gasteiger partial charge in [-0.2, -0.15) is 0 Å². The Hall–Kier alpha value is -1.11. The van der Waals surface area contributed by atoms with E-state index in [1.807, 2.05) is 0 Å². The average Bonchev–Trinajstić information content (AvgIpc) is 2.29. The summed E-state index contributed by atoms with van der Waals surface area (Å²) in [7, 11) is -3.30. The Kier molecular flexibility index (Phi) is 4.36. The third-order valence-corrected chi connectivity index (χ3v) is 4.34. The maximum atomic E-state index is 13.2. The molecule has 2 rings (SSSR count). The lowest BCUT2D eigenvalue weighted by atomic mass is 10.3. The molecule has 0 heterocycles. The SMILES string of the molecule is CS(=O)(=O)c1ccc(Oc2cc(F)cc(Cl)c2)c(Br)c1. The molecule has 106 valence electrons. The molecular formula is C13H9BrClFO3S. The first-order valence-electron chi connectivity index (χ1n) is 5.39. The van der Waals surface area contributed by atoms with Gasteiger partial charge in [0.2, 0.25) is 0 Å². The number of sulfone groups is 1. The lowest BCUT2D eigenvalue weighted by Gasteiger charge is -2.09. The van der Waals surface area contributed by atoms with E-state index in [2.05, 4.69) is 15.9 Å². The molecule has 0 aliphatic carbocycles. The van der Waals surface area contributed by atoms with Gasteiger partial charge in [0.1, 0.15) is 17.3 Å². The standard InChI is InChI=1S/C13H9BrClFO3S/c1-20(17,18)11-2-3-13(12(14)7-11)19-10-5-8(15)4-9(16)6-10/h2-7H,1H3. The summed E-state index contributed by atoms with van der Waals surface area (Å²) in [5.41, 5.74) is 0. The van der Waals surface area contributed by atoms with Gasteiger partial charge in [-0.3, -0.25) is 0 Å². The van der Waals surface area contributed by atoms with Crippen LogP contribution in [0.3, 0.4) is 0 Å². The molecule has 0 N–H and O–H groups in total. The molecular weight excluding hydrogens is 371 g/mol. The summed E-state index contributed by atoms with van der Waals surface area (Å²) in [6, 6.07) is 8.13. The average molecular weight is 380 g/mol. The quantitative estimate of drug-likeness (QED) is 0.792. The van der Waals surface area contributed by atoms with Crippen molar-refractivity contribution >= 4 is 37.4 Å². The molecule has 0 aliphatic rings. The second-order valence-electron chi connectivity index (χ2n) is 4.07. The number of hydrogen-bond donors (Lipinski definition) is 0. The molecule has 0 spiro atoms. The summed E-state index contributed by atoms with van der Waals surface area (Å²) in [6.07, 6.45) is 1.11. The van der Waals surface area contributed by atoms with Crippen LogP contribution >= 0.6 is 27.5 Å². The van der Waals surface area contributed by atoms with Crippen molar-refractivity contribution in [2.75, 3.05) is 6.26 Å². The van der Waals surface area contributed by atoms with Gasteiger partial charge in [0, 0.05) is 17.3 Å². The number of ether oxygens (including phenoxy) is 1. The third kappa shape index (κ3) is 3.71. The van der Waals surface area contributed by atoms with Crippen LogP contribution in [0, 0.1) is 5.82 Å². The Morgan fingerprint density at radius 2 is 1.90 bits per heavy atom. The Balaban J connectivity index is 2.35. The Morgan fingerprint density at radius 1 is 1.20 bits per heavy atom. The molecule has 3 nitrogen and oxygen atoms in total. The summed E-state index contributed by atoms with van der Waals surface area (Å²) in [4.78, 5) is 0.161. The molecule has 0 bridgehead atoms. The summed E-state index contributed by atoms with van der Waals surface area (Å²) >= 11 is 8.95. The Labute approximate surface area is 129 Å². The van der Waals surface area contributed by atoms with E-state index in [0.717, 1.165) is 12.3 Å². The van der Waals surface area contributed by atoms with Crippen molar-refractivity contribution in [3.05, 3.63) is 51.7 Å². The Morgan fingerprint density at radius 3 is 2.45 bits per heavy atom. The lowest BCUT2D eigenvalue weighted by Crippen LogP contribution is -1.97. The fourth-order valence-electron chi connectivity index (χ4n) is 1.51. The molecule has 0 fully saturated rings. The summed E-state index contributed by atoms with van der Waals surface area (Å²) in [5.74, 6) is 0.0678. The van der Waals surface area contributed by atoms with Crippen LogP contribution in [0.15, 0.2) is 45.8 Å². The van der Waals surface area contributed by atoms with Gasteiger partial charge in [0.15, 0.2) is 9.84 Å². The molecule has 0 atom stereocenters. The zero-order chi connectivity index (χ0) is 14.9. The summed E-state index contributed by atoms with van der Waals surface area (Å²) < 4.78 is 41.9. The number of benzene rings is 2. The topological polar surface area (TPSA) is 43.4 Å². The van der Waals surface area contributed by atoms with E-state index < -0.39 is 15.7 Å². The van der Waals surface area contributed by atoms with Gasteiger partial charge in [-0.15, -0.1) is 0 Å². The second kappa shape index (κ2) is 5.71. The summed E-state index contributed by atoms with van der Waals surface area (Å²) in [5, 5.41) is 0.212. The van der Waals surface area contributed by atoms with Crippen LogP contribution in [0.2, 0.25) is 5.02 Å². The van der Waals surface area contributed by atoms with E-state index in [1.54, 1.807) is 0 Å². The molecule has 0 radical (unpaired) electrons. The van der Waals surface area contributed by atoms with Crippen molar-refractivity contribution in [3.8, 4) is 11.5 Å². The smallest absolute Gasteiger partial charge is 0.175 e. The zero-order valence-corrected chi connectivity index (χ0v) is 13.4. The predicted octanol–water partition coefficient (Wildman–Crippen LogP) is 4.44. The van der Waals surface area contributed by atoms with E-state index in [-0.39, 0.29) is 15.7 Å². The fraction of sp³-hybridized carbons (Fsp3) is 0.0769. The van der Waals surface area contributed by atoms with E-state index in [1.165, 1.54) is 30.3 Å². The van der Waals surface area contributed by atoms with E-state index >= 15 is 0 Å². The summed E-state index contributed by atoms with van der Waals surface area (Å²) in [6.45, 7) is 0. The minimum Gasteiger partial charge on any atom is -0.456 e. The highest BCUT2D eigenvalue weighted by molar-refractivity contribution is 9.10. The van der Waals surface area contributed by atoms with Gasteiger partial charge in [-0.05, 0) is 46.3 Å². The molecule has 20 heavy (non-hydrogen) atoms. The highest BCUT2D eigenvalue weighted by Gasteiger charge is 2.11. The first-order chi connectivity index (χ1) is 9.25. The van der Waals surface area contributed by atoms with E-state index in [9.17, 15) is 12.8 Å². The van der Waals surface area contributed by atoms with Gasteiger partial charge >= 0.3 is 0 Å². The fourth-order valence-corrected chi connectivity index (χ4v) is 2.98. The van der Waals surface area contributed by atoms with Crippen molar-refractivity contribution in [2.24, 2.45) is 0 Å². The number of rotatable bonds is 3. The number of hydrogen-bond acceptors (Lipinski definition) is 3. The first-order valence-corrected chi connectivity index (χ1v) is 8.45. The molecule has 0 unspecified atom stereocenters. The maximum absolute atomic E-state index is 13.2. The predicted molar refractivity (Wildman–Crippen MR) is 78.7 cm³/mol. The van der Waals surface area contributed by atoms with Crippen molar-refractivity contribution in [1.82, 2.24) is 0 Å². The van der Waals surface area contributed by atoms with Crippen LogP contribution in [0.4, 0.5) is 4.39 Å². The monoisotopic (exact) mass is 378 g/mol. The van der Waals surface area contributed by atoms with Gasteiger partial charge in [0.05, 0.1) is 9.37 Å². The third-order valence-electron chi connectivity index (χ3n) is 2.40. The lowest BCUT2D eigenvalue weighted by molar-refractivity contribution is 0.473. The van der Waals surface area contributed by atoms with Crippen molar-refractivity contribution in [3.63, 3.8) is 0 Å². The van der Waals surface area contributed by atoms with Gasteiger partial charge in [-0.25, -0.2) is 12.8 Å². The minimum absolute atomic E-state index is 0.161. The highest BCUT2D eigenvalue weighted by Crippen LogP contribution is 2.33. The van der Waals surface area contributed by atoms with E-state index in [4.69, 9.17) is 16.3 Å². The molecule has 7 heteroatoms. The van der Waals surface area contributed by atoms with Crippen LogP contribution < -0.4 is 4.74 Å². The van der Waals surface area contributed by atoms with Crippen LogP contribution in [0.25, 0.3) is 0 Å². The number of halogens is 3. The molecule has 0 saturated heterocycles. The normalized spacial score (nSPS) is 11.4. The van der Waals surface area contributed by atoms with Crippen LogP contribution in [0.1, 0.15) is 0 Å². The molecule has 0 aliphatic heterocycles. The molecule has 0 amide bonds. The van der Waals surface area contributed by atoms with Crippen molar-refractivity contribution in [2.45, 2.75) is 4.90 Å². The Bertz CT molecular complexity index is 742.